The third-order valence-corrected chi connectivity index (χ3v) is 5.06. The maximum Gasteiger partial charge on any atom is 0.269 e. The van der Waals surface area contributed by atoms with Gasteiger partial charge in [0.2, 0.25) is 11.8 Å². The molecule has 3 amide bonds. The Balaban J connectivity index is 1.42. The van der Waals surface area contributed by atoms with Gasteiger partial charge in [-0.3, -0.25) is 30.6 Å². The number of carbonyl (C=O) groups excluding carboxylic acids is 3. The Kier molecular flexibility index (Phi) is 7.94. The Hall–Kier alpha value is -3.46. The molecule has 1 aliphatic rings. The van der Waals surface area contributed by atoms with Crippen molar-refractivity contribution < 1.29 is 18.8 Å². The number of anilines is 1. The average Bonchev–Trinajstić information content (AvgIpc) is 3.31. The van der Waals surface area contributed by atoms with E-state index >= 15 is 0 Å². The zero-order valence-corrected chi connectivity index (χ0v) is 17.7. The largest absolute Gasteiger partial charge is 0.465 e. The Morgan fingerprint density at radius 2 is 1.74 bits per heavy atom. The first-order chi connectivity index (χ1) is 15.0. The number of rotatable bonds is 5. The van der Waals surface area contributed by atoms with Crippen molar-refractivity contribution in [3.8, 4) is 0 Å². The standard InChI is InChI=1S/C22H24N4O4S/c27-19(13-12-18-7-4-14-30-18)24-22(31)26-25-21(29)16-8-10-17(11-9-16)23-20(28)15-5-2-1-3-6-15/h4,7-15H,1-3,5-6H2,(H,23,28)(H,25,29)(H2,24,26,27,31)/b13-12+. The molecule has 0 aliphatic heterocycles. The minimum atomic E-state index is -0.471. The minimum Gasteiger partial charge on any atom is -0.465 e. The lowest BCUT2D eigenvalue weighted by Gasteiger charge is -2.20. The Labute approximate surface area is 185 Å². The Bertz CT molecular complexity index is 948. The van der Waals surface area contributed by atoms with Gasteiger partial charge < -0.3 is 9.73 Å². The highest BCUT2D eigenvalue weighted by Crippen LogP contribution is 2.25. The fraction of sp³-hybridized carbons (Fsp3) is 0.273. The fourth-order valence-electron chi connectivity index (χ4n) is 3.23. The van der Waals surface area contributed by atoms with Crippen LogP contribution in [0.5, 0.6) is 0 Å². The smallest absolute Gasteiger partial charge is 0.269 e. The van der Waals surface area contributed by atoms with Gasteiger partial charge >= 0.3 is 0 Å². The molecule has 162 valence electrons. The van der Waals surface area contributed by atoms with Crippen LogP contribution in [0, 0.1) is 5.92 Å². The van der Waals surface area contributed by atoms with Gasteiger partial charge in [0, 0.05) is 23.2 Å². The van der Waals surface area contributed by atoms with Crippen molar-refractivity contribution in [1.29, 1.82) is 0 Å². The summed E-state index contributed by atoms with van der Waals surface area (Å²) in [5.41, 5.74) is 5.89. The topological polar surface area (TPSA) is 112 Å². The molecule has 31 heavy (non-hydrogen) atoms. The highest BCUT2D eigenvalue weighted by atomic mass is 32.1. The third-order valence-electron chi connectivity index (χ3n) is 4.86. The van der Waals surface area contributed by atoms with Crippen LogP contribution in [0.1, 0.15) is 48.2 Å². The van der Waals surface area contributed by atoms with E-state index in [9.17, 15) is 14.4 Å². The molecule has 8 nitrogen and oxygen atoms in total. The molecular formula is C22H24N4O4S. The zero-order valence-electron chi connectivity index (χ0n) is 16.9. The minimum absolute atomic E-state index is 0.0285. The van der Waals surface area contributed by atoms with Crippen LogP contribution in [0.15, 0.2) is 53.2 Å². The molecule has 1 heterocycles. The maximum atomic E-state index is 12.3. The van der Waals surface area contributed by atoms with Crippen LogP contribution in [0.2, 0.25) is 0 Å². The summed E-state index contributed by atoms with van der Waals surface area (Å²) in [6.07, 6.45) is 9.47. The molecule has 1 fully saturated rings. The van der Waals surface area contributed by atoms with Crippen molar-refractivity contribution in [2.75, 3.05) is 5.32 Å². The van der Waals surface area contributed by atoms with Crippen molar-refractivity contribution in [2.45, 2.75) is 32.1 Å². The number of benzene rings is 1. The summed E-state index contributed by atoms with van der Waals surface area (Å²) >= 11 is 4.98. The lowest BCUT2D eigenvalue weighted by atomic mass is 9.88. The normalized spacial score (nSPS) is 14.1. The first-order valence-corrected chi connectivity index (χ1v) is 10.5. The number of hydrogen-bond acceptors (Lipinski definition) is 5. The first-order valence-electron chi connectivity index (χ1n) is 10.0. The molecule has 4 N–H and O–H groups in total. The summed E-state index contributed by atoms with van der Waals surface area (Å²) in [5, 5.41) is 5.25. The van der Waals surface area contributed by atoms with E-state index in [-0.39, 0.29) is 16.9 Å². The monoisotopic (exact) mass is 440 g/mol. The molecule has 0 bridgehead atoms. The molecule has 0 saturated heterocycles. The van der Waals surface area contributed by atoms with E-state index in [4.69, 9.17) is 16.6 Å². The molecule has 0 spiro atoms. The predicted molar refractivity (Wildman–Crippen MR) is 121 cm³/mol. The van der Waals surface area contributed by atoms with Gasteiger partial charge in [-0.05, 0) is 67.5 Å². The van der Waals surface area contributed by atoms with Crippen LogP contribution in [0.25, 0.3) is 6.08 Å². The van der Waals surface area contributed by atoms with Crippen LogP contribution in [-0.2, 0) is 9.59 Å². The van der Waals surface area contributed by atoms with Gasteiger partial charge in [-0.25, -0.2) is 0 Å². The number of furan rings is 1. The highest BCUT2D eigenvalue weighted by Gasteiger charge is 2.21. The molecule has 3 rings (SSSR count). The van der Waals surface area contributed by atoms with Crippen LogP contribution in [0.3, 0.4) is 0 Å². The molecule has 2 aromatic rings. The molecule has 1 aromatic heterocycles. The summed E-state index contributed by atoms with van der Waals surface area (Å²) in [7, 11) is 0. The van der Waals surface area contributed by atoms with E-state index in [1.165, 1.54) is 24.8 Å². The van der Waals surface area contributed by atoms with Crippen molar-refractivity contribution >= 4 is 46.8 Å². The van der Waals surface area contributed by atoms with Crippen molar-refractivity contribution in [2.24, 2.45) is 5.92 Å². The van der Waals surface area contributed by atoms with Gasteiger partial charge in [0.25, 0.3) is 5.91 Å². The van der Waals surface area contributed by atoms with Crippen LogP contribution in [-0.4, -0.2) is 22.8 Å². The van der Waals surface area contributed by atoms with Gasteiger partial charge in [-0.2, -0.15) is 0 Å². The second-order valence-electron chi connectivity index (χ2n) is 7.15. The zero-order chi connectivity index (χ0) is 22.1. The Morgan fingerprint density at radius 3 is 2.42 bits per heavy atom. The highest BCUT2D eigenvalue weighted by molar-refractivity contribution is 7.80. The van der Waals surface area contributed by atoms with Gasteiger partial charge in [0.05, 0.1) is 6.26 Å². The van der Waals surface area contributed by atoms with Gasteiger partial charge in [-0.1, -0.05) is 19.3 Å². The number of carbonyl (C=O) groups is 3. The predicted octanol–water partition coefficient (Wildman–Crippen LogP) is 3.15. The quantitative estimate of drug-likeness (QED) is 0.323. The van der Waals surface area contributed by atoms with Gasteiger partial charge in [-0.15, -0.1) is 0 Å². The van der Waals surface area contributed by atoms with Crippen LogP contribution < -0.4 is 21.5 Å². The van der Waals surface area contributed by atoms with Crippen molar-refractivity contribution in [1.82, 2.24) is 16.2 Å². The summed E-state index contributed by atoms with van der Waals surface area (Å²) in [5.74, 6) is -0.290. The summed E-state index contributed by atoms with van der Waals surface area (Å²) in [6.45, 7) is 0. The molecular weight excluding hydrogens is 416 g/mol. The van der Waals surface area contributed by atoms with Crippen molar-refractivity contribution in [3.05, 3.63) is 60.1 Å². The molecule has 1 aromatic carbocycles. The molecule has 0 radical (unpaired) electrons. The van der Waals surface area contributed by atoms with E-state index in [1.54, 1.807) is 36.4 Å². The molecule has 9 heteroatoms. The van der Waals surface area contributed by atoms with Crippen molar-refractivity contribution in [3.63, 3.8) is 0 Å². The molecule has 1 saturated carbocycles. The average molecular weight is 441 g/mol. The SMILES string of the molecule is O=C(/C=C/c1ccco1)NC(=S)NNC(=O)c1ccc(NC(=O)C2CCCCC2)cc1. The van der Waals surface area contributed by atoms with Crippen LogP contribution >= 0.6 is 12.2 Å². The van der Waals surface area contributed by atoms with E-state index in [0.717, 1.165) is 25.7 Å². The summed E-state index contributed by atoms with van der Waals surface area (Å²) in [6, 6.07) is 9.95. The van der Waals surface area contributed by atoms with E-state index in [0.29, 0.717) is 17.0 Å². The number of hydrogen-bond donors (Lipinski definition) is 4. The number of hydrazine groups is 1. The molecule has 0 unspecified atom stereocenters. The number of thiocarbonyl (C=S) groups is 1. The lowest BCUT2D eigenvalue weighted by molar-refractivity contribution is -0.120. The summed E-state index contributed by atoms with van der Waals surface area (Å²) < 4.78 is 5.08. The molecule has 1 aliphatic carbocycles. The Morgan fingerprint density at radius 1 is 1.00 bits per heavy atom. The fourth-order valence-corrected chi connectivity index (χ4v) is 3.38. The second kappa shape index (κ2) is 11.1. The van der Waals surface area contributed by atoms with Crippen LogP contribution in [0.4, 0.5) is 5.69 Å². The maximum absolute atomic E-state index is 12.3. The first kappa shape index (κ1) is 22.2. The lowest BCUT2D eigenvalue weighted by Crippen LogP contribution is -2.48. The second-order valence-corrected chi connectivity index (χ2v) is 7.56. The van der Waals surface area contributed by atoms with E-state index in [2.05, 4.69) is 21.5 Å². The van der Waals surface area contributed by atoms with Gasteiger partial charge in [0.1, 0.15) is 5.76 Å². The number of amides is 3. The van der Waals surface area contributed by atoms with E-state index in [1.807, 2.05) is 0 Å². The summed E-state index contributed by atoms with van der Waals surface area (Å²) in [4.78, 5) is 36.3. The molecule has 0 atom stereocenters. The van der Waals surface area contributed by atoms with E-state index < -0.39 is 11.8 Å². The number of nitrogens with one attached hydrogen (secondary N) is 4. The van der Waals surface area contributed by atoms with Gasteiger partial charge in [0.15, 0.2) is 5.11 Å². The third kappa shape index (κ3) is 7.07.